The molecule has 0 aliphatic heterocycles. The fraction of sp³-hybridized carbons (Fsp3) is 0.250. The molecule has 0 heterocycles. The molecule has 0 saturated carbocycles. The number of anilines is 1. The van der Waals surface area contributed by atoms with E-state index in [0.717, 1.165) is 12.0 Å². The summed E-state index contributed by atoms with van der Waals surface area (Å²) in [6.07, 6.45) is 0.728. The minimum absolute atomic E-state index is 0.0843. The lowest BCUT2D eigenvalue weighted by Crippen LogP contribution is -2.15. The second kappa shape index (κ2) is 7.23. The maximum absolute atomic E-state index is 12.7. The van der Waals surface area contributed by atoms with Crippen molar-refractivity contribution < 1.29 is 17.9 Å². The predicted octanol–water partition coefficient (Wildman–Crippen LogP) is 3.83. The van der Waals surface area contributed by atoms with Gasteiger partial charge in [-0.2, -0.15) is 0 Å². The average Bonchev–Trinajstić information content (AvgIpc) is 2.54. The van der Waals surface area contributed by atoms with E-state index in [2.05, 4.69) is 20.7 Å². The SMILES string of the molecule is CCc1ccccc1NS(=O)(=O)c1cc(OC)c(OC)cc1Br. The van der Waals surface area contributed by atoms with Crippen molar-refractivity contribution in [3.63, 3.8) is 0 Å². The molecule has 0 aromatic heterocycles. The van der Waals surface area contributed by atoms with E-state index in [9.17, 15) is 8.42 Å². The minimum Gasteiger partial charge on any atom is -0.493 e. The Morgan fingerprint density at radius 2 is 1.70 bits per heavy atom. The van der Waals surface area contributed by atoms with Gasteiger partial charge in [-0.1, -0.05) is 25.1 Å². The topological polar surface area (TPSA) is 64.6 Å². The molecule has 0 fully saturated rings. The number of benzene rings is 2. The molecule has 0 bridgehead atoms. The highest BCUT2D eigenvalue weighted by atomic mass is 79.9. The van der Waals surface area contributed by atoms with E-state index in [0.29, 0.717) is 21.7 Å². The normalized spacial score (nSPS) is 11.1. The van der Waals surface area contributed by atoms with Gasteiger partial charge in [0.2, 0.25) is 0 Å². The fourth-order valence-corrected chi connectivity index (χ4v) is 4.31. The summed E-state index contributed by atoms with van der Waals surface area (Å²) in [6, 6.07) is 10.3. The van der Waals surface area contributed by atoms with Crippen molar-refractivity contribution in [3.8, 4) is 11.5 Å². The summed E-state index contributed by atoms with van der Waals surface area (Å²) >= 11 is 3.28. The number of ether oxygens (including phenoxy) is 2. The Morgan fingerprint density at radius 1 is 1.09 bits per heavy atom. The molecule has 124 valence electrons. The van der Waals surface area contributed by atoms with Crippen LogP contribution < -0.4 is 14.2 Å². The Balaban J connectivity index is 2.48. The van der Waals surface area contributed by atoms with Crippen molar-refractivity contribution in [2.45, 2.75) is 18.2 Å². The Kier molecular flexibility index (Phi) is 5.54. The van der Waals surface area contributed by atoms with Crippen molar-refractivity contribution in [2.24, 2.45) is 0 Å². The van der Waals surface area contributed by atoms with Gasteiger partial charge < -0.3 is 9.47 Å². The summed E-state index contributed by atoms with van der Waals surface area (Å²) in [6.45, 7) is 1.97. The lowest BCUT2D eigenvalue weighted by Gasteiger charge is -2.15. The summed E-state index contributed by atoms with van der Waals surface area (Å²) in [5, 5.41) is 0. The quantitative estimate of drug-likeness (QED) is 0.801. The van der Waals surface area contributed by atoms with E-state index in [1.807, 2.05) is 19.1 Å². The van der Waals surface area contributed by atoms with Gasteiger partial charge in [0.15, 0.2) is 11.5 Å². The number of aryl methyl sites for hydroxylation is 1. The van der Waals surface area contributed by atoms with Crippen LogP contribution in [0.2, 0.25) is 0 Å². The molecule has 0 atom stereocenters. The molecule has 1 N–H and O–H groups in total. The van der Waals surface area contributed by atoms with E-state index in [4.69, 9.17) is 9.47 Å². The molecule has 0 radical (unpaired) electrons. The first-order chi connectivity index (χ1) is 10.9. The van der Waals surface area contributed by atoms with Crippen LogP contribution in [0.25, 0.3) is 0 Å². The number of rotatable bonds is 6. The van der Waals surface area contributed by atoms with Crippen LogP contribution in [0.5, 0.6) is 11.5 Å². The molecule has 0 spiro atoms. The van der Waals surface area contributed by atoms with Gasteiger partial charge in [0.1, 0.15) is 4.90 Å². The van der Waals surface area contributed by atoms with E-state index >= 15 is 0 Å². The number of halogens is 1. The van der Waals surface area contributed by atoms with Crippen LogP contribution in [0.15, 0.2) is 45.8 Å². The maximum Gasteiger partial charge on any atom is 0.263 e. The fourth-order valence-electron chi connectivity index (χ4n) is 2.17. The third-order valence-electron chi connectivity index (χ3n) is 3.37. The third kappa shape index (κ3) is 3.79. The van der Waals surface area contributed by atoms with Crippen molar-refractivity contribution in [1.82, 2.24) is 0 Å². The molecule has 0 saturated heterocycles. The van der Waals surface area contributed by atoms with Crippen molar-refractivity contribution in [2.75, 3.05) is 18.9 Å². The Bertz CT molecular complexity index is 806. The van der Waals surface area contributed by atoms with Gasteiger partial charge in [-0.3, -0.25) is 4.72 Å². The van der Waals surface area contributed by atoms with E-state index in [1.165, 1.54) is 20.3 Å². The number of hydrogen-bond acceptors (Lipinski definition) is 4. The van der Waals surface area contributed by atoms with E-state index in [1.54, 1.807) is 18.2 Å². The number of methoxy groups -OCH3 is 2. The molecule has 5 nitrogen and oxygen atoms in total. The smallest absolute Gasteiger partial charge is 0.263 e. The Morgan fingerprint density at radius 3 is 2.30 bits per heavy atom. The van der Waals surface area contributed by atoms with Gasteiger partial charge in [0.25, 0.3) is 10.0 Å². The highest BCUT2D eigenvalue weighted by Crippen LogP contribution is 2.36. The van der Waals surface area contributed by atoms with Gasteiger partial charge in [-0.15, -0.1) is 0 Å². The van der Waals surface area contributed by atoms with Gasteiger partial charge in [0.05, 0.1) is 19.9 Å². The van der Waals surface area contributed by atoms with Crippen LogP contribution >= 0.6 is 15.9 Å². The average molecular weight is 400 g/mol. The van der Waals surface area contributed by atoms with Crippen LogP contribution in [-0.4, -0.2) is 22.6 Å². The summed E-state index contributed by atoms with van der Waals surface area (Å²) in [7, 11) is -0.812. The molecule has 2 aromatic rings. The van der Waals surface area contributed by atoms with Crippen molar-refractivity contribution >= 4 is 31.6 Å². The van der Waals surface area contributed by atoms with Crippen molar-refractivity contribution in [1.29, 1.82) is 0 Å². The predicted molar refractivity (Wildman–Crippen MR) is 93.9 cm³/mol. The zero-order valence-electron chi connectivity index (χ0n) is 13.1. The minimum atomic E-state index is -3.77. The maximum atomic E-state index is 12.7. The lowest BCUT2D eigenvalue weighted by atomic mass is 10.1. The summed E-state index contributed by atoms with van der Waals surface area (Å²) < 4.78 is 38.8. The van der Waals surface area contributed by atoms with Crippen molar-refractivity contribution in [3.05, 3.63) is 46.4 Å². The lowest BCUT2D eigenvalue weighted by molar-refractivity contribution is 0.353. The van der Waals surface area contributed by atoms with Gasteiger partial charge in [-0.05, 0) is 40.0 Å². The number of nitrogens with one attached hydrogen (secondary N) is 1. The summed E-state index contributed by atoms with van der Waals surface area (Å²) in [4.78, 5) is 0.0843. The molecule has 2 aromatic carbocycles. The molecule has 23 heavy (non-hydrogen) atoms. The monoisotopic (exact) mass is 399 g/mol. The zero-order chi connectivity index (χ0) is 17.0. The van der Waals surface area contributed by atoms with E-state index in [-0.39, 0.29) is 4.90 Å². The second-order valence-electron chi connectivity index (χ2n) is 4.75. The van der Waals surface area contributed by atoms with Crippen LogP contribution in [0.3, 0.4) is 0 Å². The molecule has 2 rings (SSSR count). The molecule has 7 heteroatoms. The molecular weight excluding hydrogens is 382 g/mol. The van der Waals surface area contributed by atoms with Crippen LogP contribution in [-0.2, 0) is 16.4 Å². The molecule has 0 amide bonds. The highest BCUT2D eigenvalue weighted by molar-refractivity contribution is 9.10. The standard InChI is InChI=1S/C16H18BrNO4S/c1-4-11-7-5-6-8-13(11)18-23(19,20)16-10-15(22-3)14(21-2)9-12(16)17/h5-10,18H,4H2,1-3H3. The van der Waals surface area contributed by atoms with Crippen LogP contribution in [0.1, 0.15) is 12.5 Å². The van der Waals surface area contributed by atoms with Gasteiger partial charge >= 0.3 is 0 Å². The molecule has 0 aliphatic rings. The molecule has 0 unspecified atom stereocenters. The zero-order valence-corrected chi connectivity index (χ0v) is 15.5. The second-order valence-corrected chi connectivity index (χ2v) is 7.26. The Hall–Kier alpha value is -1.73. The molecular formula is C16H18BrNO4S. The van der Waals surface area contributed by atoms with Crippen LogP contribution in [0.4, 0.5) is 5.69 Å². The molecule has 0 aliphatic carbocycles. The summed E-state index contributed by atoms with van der Waals surface area (Å²) in [5.74, 6) is 0.798. The first kappa shape index (κ1) is 17.6. The first-order valence-electron chi connectivity index (χ1n) is 6.95. The third-order valence-corrected chi connectivity index (χ3v) is 5.69. The summed E-state index contributed by atoms with van der Waals surface area (Å²) in [5.41, 5.74) is 1.49. The van der Waals surface area contributed by atoms with Gasteiger partial charge in [-0.25, -0.2) is 8.42 Å². The Labute approximate surface area is 144 Å². The van der Waals surface area contributed by atoms with E-state index < -0.39 is 10.0 Å². The highest BCUT2D eigenvalue weighted by Gasteiger charge is 2.22. The number of para-hydroxylation sites is 1. The van der Waals surface area contributed by atoms with Crippen LogP contribution in [0, 0.1) is 0 Å². The number of hydrogen-bond donors (Lipinski definition) is 1. The van der Waals surface area contributed by atoms with Gasteiger partial charge in [0, 0.05) is 10.5 Å². The number of sulfonamides is 1. The largest absolute Gasteiger partial charge is 0.493 e. The first-order valence-corrected chi connectivity index (χ1v) is 9.22.